The van der Waals surface area contributed by atoms with Crippen molar-refractivity contribution < 1.29 is 14.4 Å². The molecule has 0 amide bonds. The highest BCUT2D eigenvalue weighted by molar-refractivity contribution is 5.36. The summed E-state index contributed by atoms with van der Waals surface area (Å²) in [6.07, 6.45) is 1.75. The predicted octanol–water partition coefficient (Wildman–Crippen LogP) is 1.56. The first-order valence-electron chi connectivity index (χ1n) is 6.20. The smallest absolute Gasteiger partial charge is 0.226 e. The Morgan fingerprint density at radius 2 is 2.05 bits per heavy atom. The predicted molar refractivity (Wildman–Crippen MR) is 72.7 cm³/mol. The van der Waals surface area contributed by atoms with Crippen LogP contribution in [0.4, 0.5) is 0 Å². The highest BCUT2D eigenvalue weighted by Gasteiger charge is 2.13. The summed E-state index contributed by atoms with van der Waals surface area (Å²) in [5.74, 6) is 0.579. The Morgan fingerprint density at radius 1 is 1.32 bits per heavy atom. The monoisotopic (exact) mass is 259 g/mol. The number of rotatable bonds is 4. The highest BCUT2D eigenvalue weighted by Crippen LogP contribution is 2.25. The molecule has 4 nitrogen and oxygen atoms in total. The van der Waals surface area contributed by atoms with E-state index in [1.54, 1.807) is 12.3 Å². The minimum atomic E-state index is 0.118. The molecule has 0 aliphatic rings. The number of hydrogen-bond donors (Lipinski definition) is 2. The van der Waals surface area contributed by atoms with Crippen molar-refractivity contribution in [3.63, 3.8) is 0 Å². The fourth-order valence-corrected chi connectivity index (χ4v) is 1.90. The van der Waals surface area contributed by atoms with E-state index in [-0.39, 0.29) is 5.75 Å². The van der Waals surface area contributed by atoms with Gasteiger partial charge in [-0.05, 0) is 18.1 Å². The average Bonchev–Trinajstić information content (AvgIpc) is 2.41. The van der Waals surface area contributed by atoms with E-state index in [9.17, 15) is 5.11 Å². The first-order valence-corrected chi connectivity index (χ1v) is 6.20. The lowest BCUT2D eigenvalue weighted by Crippen LogP contribution is -2.34. The fourth-order valence-electron chi connectivity index (χ4n) is 1.90. The van der Waals surface area contributed by atoms with Crippen LogP contribution in [0.25, 0.3) is 0 Å². The molecule has 1 aromatic heterocycles. The van der Waals surface area contributed by atoms with E-state index in [0.29, 0.717) is 18.9 Å². The largest absolute Gasteiger partial charge is 0.504 e. The van der Waals surface area contributed by atoms with Crippen molar-refractivity contribution in [2.24, 2.45) is 12.8 Å². The molecule has 0 atom stereocenters. The third-order valence-electron chi connectivity index (χ3n) is 3.17. The van der Waals surface area contributed by atoms with Crippen LogP contribution in [0.5, 0.6) is 11.5 Å². The molecule has 0 spiro atoms. The summed E-state index contributed by atoms with van der Waals surface area (Å²) in [6.45, 7) is 2.85. The van der Waals surface area contributed by atoms with Crippen LogP contribution >= 0.6 is 0 Å². The van der Waals surface area contributed by atoms with Gasteiger partial charge in [-0.15, -0.1) is 0 Å². The molecule has 0 fully saturated rings. The number of pyridine rings is 1. The molecule has 0 bridgehead atoms. The maximum Gasteiger partial charge on any atom is 0.226 e. The van der Waals surface area contributed by atoms with Gasteiger partial charge in [0.05, 0.1) is 12.6 Å². The zero-order valence-corrected chi connectivity index (χ0v) is 11.3. The lowest BCUT2D eigenvalue weighted by atomic mass is 10.1. The first kappa shape index (κ1) is 13.4. The van der Waals surface area contributed by atoms with Crippen molar-refractivity contribution >= 4 is 0 Å². The molecular weight excluding hydrogens is 240 g/mol. The first-order chi connectivity index (χ1) is 9.11. The van der Waals surface area contributed by atoms with Crippen molar-refractivity contribution in [1.82, 2.24) is 0 Å². The Labute approximate surface area is 113 Å². The van der Waals surface area contributed by atoms with Gasteiger partial charge in [-0.3, -0.25) is 0 Å². The fraction of sp³-hybridized carbons (Fsp3) is 0.267. The molecule has 1 heterocycles. The van der Waals surface area contributed by atoms with Gasteiger partial charge in [-0.2, -0.15) is 0 Å². The van der Waals surface area contributed by atoms with Crippen molar-refractivity contribution in [3.05, 3.63) is 53.3 Å². The minimum Gasteiger partial charge on any atom is -0.504 e. The number of nitrogens with zero attached hydrogens (tertiary/aromatic N) is 1. The summed E-state index contributed by atoms with van der Waals surface area (Å²) in [6, 6.07) is 9.65. The number of hydrogen-bond acceptors (Lipinski definition) is 3. The third kappa shape index (κ3) is 3.03. The van der Waals surface area contributed by atoms with Crippen LogP contribution in [0, 0.1) is 6.92 Å². The highest BCUT2D eigenvalue weighted by atomic mass is 16.5. The van der Waals surface area contributed by atoms with Gasteiger partial charge in [-0.1, -0.05) is 24.3 Å². The van der Waals surface area contributed by atoms with Crippen molar-refractivity contribution in [3.8, 4) is 11.5 Å². The second-order valence-corrected chi connectivity index (χ2v) is 4.54. The molecule has 100 valence electrons. The van der Waals surface area contributed by atoms with E-state index in [2.05, 4.69) is 0 Å². The van der Waals surface area contributed by atoms with Crippen LogP contribution < -0.4 is 15.0 Å². The minimum absolute atomic E-state index is 0.118. The summed E-state index contributed by atoms with van der Waals surface area (Å²) < 4.78 is 7.53. The molecule has 1 aromatic carbocycles. The molecule has 0 radical (unpaired) electrons. The SMILES string of the molecule is Cc1ccccc1COc1c[n+](C)c(CN)cc1O. The van der Waals surface area contributed by atoms with E-state index >= 15 is 0 Å². The van der Waals surface area contributed by atoms with Crippen molar-refractivity contribution in [1.29, 1.82) is 0 Å². The lowest BCUT2D eigenvalue weighted by Gasteiger charge is -2.09. The van der Waals surface area contributed by atoms with Crippen LogP contribution in [0.3, 0.4) is 0 Å². The molecule has 3 N–H and O–H groups in total. The maximum atomic E-state index is 9.90. The van der Waals surface area contributed by atoms with Gasteiger partial charge in [-0.25, -0.2) is 4.57 Å². The Morgan fingerprint density at radius 3 is 2.74 bits per heavy atom. The average molecular weight is 259 g/mol. The van der Waals surface area contributed by atoms with Crippen LogP contribution in [-0.2, 0) is 20.2 Å². The van der Waals surface area contributed by atoms with Gasteiger partial charge in [0.15, 0.2) is 11.4 Å². The summed E-state index contributed by atoms with van der Waals surface area (Å²) in [5, 5.41) is 9.90. The zero-order chi connectivity index (χ0) is 13.8. The summed E-state index contributed by atoms with van der Waals surface area (Å²) in [4.78, 5) is 0. The lowest BCUT2D eigenvalue weighted by molar-refractivity contribution is -0.679. The topological polar surface area (TPSA) is 59.4 Å². The van der Waals surface area contributed by atoms with Gasteiger partial charge >= 0.3 is 0 Å². The molecule has 0 saturated carbocycles. The van der Waals surface area contributed by atoms with E-state index in [1.165, 1.54) is 5.56 Å². The van der Waals surface area contributed by atoms with Gasteiger partial charge < -0.3 is 15.6 Å². The Hall–Kier alpha value is -2.07. The molecule has 2 aromatic rings. The van der Waals surface area contributed by atoms with E-state index < -0.39 is 0 Å². The third-order valence-corrected chi connectivity index (χ3v) is 3.17. The Balaban J connectivity index is 2.16. The summed E-state index contributed by atoms with van der Waals surface area (Å²) >= 11 is 0. The summed E-state index contributed by atoms with van der Waals surface area (Å²) in [5.41, 5.74) is 8.71. The van der Waals surface area contributed by atoms with E-state index in [4.69, 9.17) is 10.5 Å². The molecule has 19 heavy (non-hydrogen) atoms. The number of nitrogens with two attached hydrogens (primary N) is 1. The number of benzene rings is 1. The van der Waals surface area contributed by atoms with Gasteiger partial charge in [0.1, 0.15) is 13.7 Å². The molecule has 0 unspecified atom stereocenters. The van der Waals surface area contributed by atoms with Crippen LogP contribution in [0.1, 0.15) is 16.8 Å². The normalized spacial score (nSPS) is 10.5. The Kier molecular flexibility index (Phi) is 4.02. The maximum absolute atomic E-state index is 9.90. The number of ether oxygens (including phenoxy) is 1. The van der Waals surface area contributed by atoms with Crippen LogP contribution in [0.15, 0.2) is 36.5 Å². The zero-order valence-electron chi connectivity index (χ0n) is 11.3. The number of aromatic nitrogens is 1. The standard InChI is InChI=1S/C15H18N2O2/c1-11-5-3-4-6-12(11)10-19-15-9-17(2)13(8-16)7-14(15)18/h3-7,9H,8,10,16H2,1-2H3/p+1. The molecule has 0 saturated heterocycles. The second-order valence-electron chi connectivity index (χ2n) is 4.54. The molecule has 4 heteroatoms. The van der Waals surface area contributed by atoms with Crippen molar-refractivity contribution in [2.75, 3.05) is 0 Å². The van der Waals surface area contributed by atoms with Gasteiger partial charge in [0, 0.05) is 0 Å². The van der Waals surface area contributed by atoms with E-state index in [1.807, 2.05) is 42.8 Å². The van der Waals surface area contributed by atoms with Crippen LogP contribution in [0.2, 0.25) is 0 Å². The second kappa shape index (κ2) is 5.71. The van der Waals surface area contributed by atoms with Crippen LogP contribution in [-0.4, -0.2) is 5.11 Å². The van der Waals surface area contributed by atoms with E-state index in [0.717, 1.165) is 11.3 Å². The molecule has 0 aliphatic heterocycles. The molecule has 0 aliphatic carbocycles. The van der Waals surface area contributed by atoms with Gasteiger partial charge in [0.2, 0.25) is 11.9 Å². The Bertz CT molecular complexity index is 582. The quantitative estimate of drug-likeness (QED) is 0.819. The molecule has 2 rings (SSSR count). The summed E-state index contributed by atoms with van der Waals surface area (Å²) in [7, 11) is 1.88. The van der Waals surface area contributed by atoms with Crippen molar-refractivity contribution in [2.45, 2.75) is 20.1 Å². The number of aromatic hydroxyl groups is 1. The number of aryl methyl sites for hydroxylation is 2. The molecular formula is C15H19N2O2+. The van der Waals surface area contributed by atoms with Gasteiger partial charge in [0.25, 0.3) is 0 Å².